The van der Waals surface area contributed by atoms with E-state index >= 15 is 0 Å². The summed E-state index contributed by atoms with van der Waals surface area (Å²) in [7, 11) is 1.51. The number of methoxy groups -OCH3 is 1. The van der Waals surface area contributed by atoms with Crippen molar-refractivity contribution in [3.05, 3.63) is 52.5 Å². The van der Waals surface area contributed by atoms with Crippen molar-refractivity contribution in [1.29, 1.82) is 0 Å². The minimum atomic E-state index is -0.261. The van der Waals surface area contributed by atoms with Gasteiger partial charge in [0.1, 0.15) is 5.75 Å². The van der Waals surface area contributed by atoms with E-state index in [9.17, 15) is 4.79 Å². The maximum atomic E-state index is 12.3. The van der Waals surface area contributed by atoms with Gasteiger partial charge < -0.3 is 15.9 Å². The number of hydrogen-bond donors (Lipinski definition) is 2. The molecule has 0 fully saturated rings. The standard InChI is InChI=1S/C17H15Cl2N5O2S/c1-26-14-7-6-10(18)8-13(14)21-15(25)9-27-17-23-22-16(24(17)20)11-4-2-3-5-12(11)19/h2-8H,9,20H2,1H3,(H,21,25). The largest absolute Gasteiger partial charge is 0.495 e. The number of anilines is 1. The molecule has 0 saturated heterocycles. The van der Waals surface area contributed by atoms with E-state index in [1.165, 1.54) is 11.8 Å². The first-order chi connectivity index (χ1) is 13.0. The maximum absolute atomic E-state index is 12.3. The lowest BCUT2D eigenvalue weighted by molar-refractivity contribution is -0.113. The van der Waals surface area contributed by atoms with Crippen LogP contribution >= 0.6 is 35.0 Å². The fraction of sp³-hybridized carbons (Fsp3) is 0.118. The van der Waals surface area contributed by atoms with Crippen LogP contribution in [0.15, 0.2) is 47.6 Å². The van der Waals surface area contributed by atoms with Crippen LogP contribution in [0.2, 0.25) is 10.0 Å². The monoisotopic (exact) mass is 423 g/mol. The van der Waals surface area contributed by atoms with Crippen LogP contribution in [0.3, 0.4) is 0 Å². The van der Waals surface area contributed by atoms with E-state index in [2.05, 4.69) is 15.5 Å². The lowest BCUT2D eigenvalue weighted by Crippen LogP contribution is -2.17. The molecule has 0 radical (unpaired) electrons. The van der Waals surface area contributed by atoms with Crippen LogP contribution in [-0.2, 0) is 4.79 Å². The highest BCUT2D eigenvalue weighted by Crippen LogP contribution is 2.29. The Bertz CT molecular complexity index is 980. The number of carbonyl (C=O) groups excluding carboxylic acids is 1. The smallest absolute Gasteiger partial charge is 0.234 e. The molecule has 0 atom stereocenters. The molecule has 3 rings (SSSR count). The zero-order chi connectivity index (χ0) is 19.4. The van der Waals surface area contributed by atoms with Crippen LogP contribution in [0.1, 0.15) is 0 Å². The summed E-state index contributed by atoms with van der Waals surface area (Å²) >= 11 is 13.3. The molecular formula is C17H15Cl2N5O2S. The Morgan fingerprint density at radius 1 is 1.26 bits per heavy atom. The van der Waals surface area contributed by atoms with Gasteiger partial charge in [-0.1, -0.05) is 47.1 Å². The van der Waals surface area contributed by atoms with E-state index in [-0.39, 0.29) is 11.7 Å². The van der Waals surface area contributed by atoms with E-state index in [0.717, 1.165) is 11.8 Å². The van der Waals surface area contributed by atoms with Crippen molar-refractivity contribution >= 4 is 46.6 Å². The SMILES string of the molecule is COc1ccc(Cl)cc1NC(=O)CSc1nnc(-c2ccccc2Cl)n1N. The van der Waals surface area contributed by atoms with Gasteiger partial charge in [0.25, 0.3) is 0 Å². The molecule has 1 amide bonds. The zero-order valence-electron chi connectivity index (χ0n) is 14.1. The predicted octanol–water partition coefficient (Wildman–Crippen LogP) is 3.71. The van der Waals surface area contributed by atoms with E-state index in [0.29, 0.717) is 38.0 Å². The minimum absolute atomic E-state index is 0.0769. The molecule has 7 nitrogen and oxygen atoms in total. The van der Waals surface area contributed by atoms with Crippen LogP contribution in [0.25, 0.3) is 11.4 Å². The molecule has 0 aliphatic carbocycles. The summed E-state index contributed by atoms with van der Waals surface area (Å²) in [6.07, 6.45) is 0. The van der Waals surface area contributed by atoms with Crippen LogP contribution in [0, 0.1) is 0 Å². The van der Waals surface area contributed by atoms with E-state index in [1.807, 2.05) is 12.1 Å². The van der Waals surface area contributed by atoms with E-state index < -0.39 is 0 Å². The molecule has 3 N–H and O–H groups in total. The lowest BCUT2D eigenvalue weighted by atomic mass is 10.2. The summed E-state index contributed by atoms with van der Waals surface area (Å²) in [5, 5.41) is 12.2. The molecule has 0 unspecified atom stereocenters. The normalized spacial score (nSPS) is 10.6. The van der Waals surface area contributed by atoms with Gasteiger partial charge in [0.05, 0.1) is 23.6 Å². The number of thioether (sulfide) groups is 1. The fourth-order valence-corrected chi connectivity index (χ4v) is 3.34. The van der Waals surface area contributed by atoms with E-state index in [4.69, 9.17) is 33.8 Å². The van der Waals surface area contributed by atoms with Crippen LogP contribution in [0.5, 0.6) is 5.75 Å². The van der Waals surface area contributed by atoms with Crippen molar-refractivity contribution in [2.45, 2.75) is 5.16 Å². The van der Waals surface area contributed by atoms with Crippen molar-refractivity contribution < 1.29 is 9.53 Å². The average molecular weight is 424 g/mol. The van der Waals surface area contributed by atoms with Gasteiger partial charge in [-0.3, -0.25) is 4.79 Å². The molecule has 0 aliphatic heterocycles. The number of carbonyl (C=O) groups is 1. The zero-order valence-corrected chi connectivity index (χ0v) is 16.5. The molecule has 27 heavy (non-hydrogen) atoms. The number of rotatable bonds is 6. The Morgan fingerprint density at radius 2 is 2.04 bits per heavy atom. The average Bonchev–Trinajstić information content (AvgIpc) is 3.01. The predicted molar refractivity (Wildman–Crippen MR) is 108 cm³/mol. The number of nitrogens with two attached hydrogens (primary N) is 1. The van der Waals surface area contributed by atoms with Gasteiger partial charge in [0.2, 0.25) is 11.1 Å². The molecule has 2 aromatic carbocycles. The van der Waals surface area contributed by atoms with E-state index in [1.54, 1.807) is 30.3 Å². The number of halogens is 2. The van der Waals surface area contributed by atoms with Gasteiger partial charge in [0, 0.05) is 10.6 Å². The van der Waals surface area contributed by atoms with Gasteiger partial charge >= 0.3 is 0 Å². The third-order valence-electron chi connectivity index (χ3n) is 3.55. The molecule has 140 valence electrons. The number of ether oxygens (including phenoxy) is 1. The highest BCUT2D eigenvalue weighted by molar-refractivity contribution is 7.99. The number of benzene rings is 2. The van der Waals surface area contributed by atoms with Gasteiger partial charge in [0.15, 0.2) is 5.82 Å². The summed E-state index contributed by atoms with van der Waals surface area (Å²) in [5.74, 6) is 6.80. The number of aromatic nitrogens is 3. The first-order valence-electron chi connectivity index (χ1n) is 7.71. The first-order valence-corrected chi connectivity index (χ1v) is 9.45. The second-order valence-corrected chi connectivity index (χ2v) is 7.12. The number of nitrogens with zero attached hydrogens (tertiary/aromatic N) is 3. The van der Waals surface area contributed by atoms with Crippen LogP contribution in [0.4, 0.5) is 5.69 Å². The third-order valence-corrected chi connectivity index (χ3v) is 5.06. The lowest BCUT2D eigenvalue weighted by Gasteiger charge is -2.10. The Kier molecular flexibility index (Phi) is 6.10. The van der Waals surface area contributed by atoms with Gasteiger partial charge in [-0.05, 0) is 30.3 Å². The number of amides is 1. The van der Waals surface area contributed by atoms with Crippen molar-refractivity contribution in [2.75, 3.05) is 24.0 Å². The summed E-state index contributed by atoms with van der Waals surface area (Å²) in [6, 6.07) is 12.1. The highest BCUT2D eigenvalue weighted by atomic mass is 35.5. The number of nitrogens with one attached hydrogen (secondary N) is 1. The Hall–Kier alpha value is -2.42. The number of hydrogen-bond acceptors (Lipinski definition) is 6. The minimum Gasteiger partial charge on any atom is -0.495 e. The molecular weight excluding hydrogens is 409 g/mol. The van der Waals surface area contributed by atoms with Crippen molar-refractivity contribution in [3.63, 3.8) is 0 Å². The van der Waals surface area contributed by atoms with Gasteiger partial charge in [-0.25, -0.2) is 4.68 Å². The van der Waals surface area contributed by atoms with Crippen molar-refractivity contribution in [3.8, 4) is 17.1 Å². The van der Waals surface area contributed by atoms with Crippen LogP contribution in [-0.4, -0.2) is 33.6 Å². The molecule has 0 saturated carbocycles. The summed E-state index contributed by atoms with van der Waals surface area (Å²) in [4.78, 5) is 12.3. The molecule has 1 aromatic heterocycles. The quantitative estimate of drug-likeness (QED) is 0.463. The van der Waals surface area contributed by atoms with Crippen molar-refractivity contribution in [1.82, 2.24) is 14.9 Å². The highest BCUT2D eigenvalue weighted by Gasteiger charge is 2.16. The fourth-order valence-electron chi connectivity index (χ4n) is 2.30. The third kappa shape index (κ3) is 4.47. The Morgan fingerprint density at radius 3 is 2.78 bits per heavy atom. The summed E-state index contributed by atoms with van der Waals surface area (Å²) < 4.78 is 6.51. The molecule has 3 aromatic rings. The second kappa shape index (κ2) is 8.51. The van der Waals surface area contributed by atoms with Crippen LogP contribution < -0.4 is 15.9 Å². The molecule has 0 aliphatic rings. The second-order valence-electron chi connectivity index (χ2n) is 5.34. The molecule has 1 heterocycles. The summed E-state index contributed by atoms with van der Waals surface area (Å²) in [5.41, 5.74) is 1.15. The topological polar surface area (TPSA) is 95.1 Å². The first kappa shape index (κ1) is 19.3. The Balaban J connectivity index is 1.68. The number of nitrogen functional groups attached to an aromatic ring is 1. The molecule has 0 spiro atoms. The van der Waals surface area contributed by atoms with Gasteiger partial charge in [-0.2, -0.15) is 0 Å². The maximum Gasteiger partial charge on any atom is 0.234 e. The van der Waals surface area contributed by atoms with Crippen molar-refractivity contribution in [2.24, 2.45) is 0 Å². The summed E-state index contributed by atoms with van der Waals surface area (Å²) in [6.45, 7) is 0. The Labute approximate surface area is 169 Å². The van der Waals surface area contributed by atoms with Gasteiger partial charge in [-0.15, -0.1) is 10.2 Å². The molecule has 0 bridgehead atoms. The molecule has 10 heteroatoms.